The number of hydrogen-bond acceptors (Lipinski definition) is 4. The lowest BCUT2D eigenvalue weighted by Gasteiger charge is -2.13. The van der Waals surface area contributed by atoms with E-state index in [0.717, 1.165) is 5.56 Å². The molecule has 0 aliphatic heterocycles. The largest absolute Gasteiger partial charge is 0.480 e. The molecule has 0 spiro atoms. The lowest BCUT2D eigenvalue weighted by Crippen LogP contribution is -2.42. The van der Waals surface area contributed by atoms with Gasteiger partial charge in [0.25, 0.3) is 5.91 Å². The van der Waals surface area contributed by atoms with Crippen LogP contribution in [0.3, 0.4) is 0 Å². The number of amides is 1. The molecule has 2 aromatic rings. The van der Waals surface area contributed by atoms with Gasteiger partial charge in [-0.3, -0.25) is 9.89 Å². The number of rotatable bonds is 5. The number of carboxylic acids is 1. The molecule has 1 amide bonds. The molecule has 7 nitrogen and oxygen atoms in total. The summed E-state index contributed by atoms with van der Waals surface area (Å²) in [5.41, 5.74) is 0.825. The number of carboxylic acid groups (broad SMARTS) is 1. The second-order valence-electron chi connectivity index (χ2n) is 4.30. The van der Waals surface area contributed by atoms with E-state index in [0.29, 0.717) is 5.82 Å². The summed E-state index contributed by atoms with van der Waals surface area (Å²) in [5.74, 6) is -1.29. The fourth-order valence-corrected chi connectivity index (χ4v) is 1.72. The van der Waals surface area contributed by atoms with Gasteiger partial charge >= 0.3 is 5.97 Å². The Balaban J connectivity index is 2.06. The number of aromatic amines is 1. The smallest absolute Gasteiger partial charge is 0.326 e. The van der Waals surface area contributed by atoms with Crippen molar-refractivity contribution in [3.8, 4) is 0 Å². The molecule has 0 aliphatic carbocycles. The van der Waals surface area contributed by atoms with E-state index in [9.17, 15) is 14.7 Å². The van der Waals surface area contributed by atoms with Crippen LogP contribution in [0.1, 0.15) is 22.0 Å². The summed E-state index contributed by atoms with van der Waals surface area (Å²) in [6.07, 6.45) is 0.200. The summed E-state index contributed by atoms with van der Waals surface area (Å²) < 4.78 is 0. The minimum absolute atomic E-state index is 0.0678. The number of benzene rings is 1. The van der Waals surface area contributed by atoms with E-state index in [1.165, 1.54) is 0 Å². The lowest BCUT2D eigenvalue weighted by molar-refractivity contribution is -0.139. The van der Waals surface area contributed by atoms with Gasteiger partial charge in [0.1, 0.15) is 11.9 Å². The molecule has 1 aromatic carbocycles. The Labute approximate surface area is 115 Å². The van der Waals surface area contributed by atoms with Crippen LogP contribution in [0, 0.1) is 6.92 Å². The third kappa shape index (κ3) is 3.41. The van der Waals surface area contributed by atoms with E-state index in [1.54, 1.807) is 19.1 Å². The highest BCUT2D eigenvalue weighted by atomic mass is 16.4. The molecular formula is C13H14N4O3. The molecule has 1 atom stereocenters. The molecule has 2 rings (SSSR count). The standard InChI is InChI=1S/C13H14N4O3/c1-8-14-11(17-16-8)12(18)15-10(13(19)20)7-9-5-3-2-4-6-9/h2-6,10H,7H2,1H3,(H,15,18)(H,19,20)(H,14,16,17)/t10-/m1/s1. The zero-order valence-corrected chi connectivity index (χ0v) is 10.8. The predicted molar refractivity (Wildman–Crippen MR) is 70.2 cm³/mol. The summed E-state index contributed by atoms with van der Waals surface area (Å²) in [4.78, 5) is 26.9. The van der Waals surface area contributed by atoms with Crippen molar-refractivity contribution >= 4 is 11.9 Å². The summed E-state index contributed by atoms with van der Waals surface area (Å²) in [6, 6.07) is 8.05. The van der Waals surface area contributed by atoms with Gasteiger partial charge < -0.3 is 10.4 Å². The minimum Gasteiger partial charge on any atom is -0.480 e. The van der Waals surface area contributed by atoms with Crippen LogP contribution in [-0.2, 0) is 11.2 Å². The van der Waals surface area contributed by atoms with Crippen molar-refractivity contribution in [2.75, 3.05) is 0 Å². The van der Waals surface area contributed by atoms with Gasteiger partial charge in [0.05, 0.1) is 0 Å². The maximum atomic E-state index is 11.8. The number of carbonyl (C=O) groups is 2. The average Bonchev–Trinajstić information content (AvgIpc) is 2.86. The van der Waals surface area contributed by atoms with Crippen molar-refractivity contribution in [2.45, 2.75) is 19.4 Å². The molecule has 0 unspecified atom stereocenters. The number of nitrogens with one attached hydrogen (secondary N) is 2. The van der Waals surface area contributed by atoms with E-state index in [4.69, 9.17) is 0 Å². The van der Waals surface area contributed by atoms with Crippen LogP contribution in [0.15, 0.2) is 30.3 Å². The zero-order valence-electron chi connectivity index (χ0n) is 10.8. The van der Waals surface area contributed by atoms with Gasteiger partial charge in [-0.05, 0) is 12.5 Å². The SMILES string of the molecule is Cc1nc(C(=O)N[C@H](Cc2ccccc2)C(=O)O)n[nH]1. The highest BCUT2D eigenvalue weighted by molar-refractivity contribution is 5.93. The molecule has 1 aromatic heterocycles. The molecule has 104 valence electrons. The molecule has 0 bridgehead atoms. The summed E-state index contributed by atoms with van der Waals surface area (Å²) in [5, 5.41) is 17.8. The van der Waals surface area contributed by atoms with Gasteiger partial charge in [-0.2, -0.15) is 0 Å². The first-order valence-corrected chi connectivity index (χ1v) is 6.03. The molecule has 0 radical (unpaired) electrons. The van der Waals surface area contributed by atoms with Crippen LogP contribution in [-0.4, -0.2) is 38.2 Å². The van der Waals surface area contributed by atoms with E-state index in [1.807, 2.05) is 18.2 Å². The first kappa shape index (κ1) is 13.7. The van der Waals surface area contributed by atoms with Crippen LogP contribution in [0.2, 0.25) is 0 Å². The Morgan fingerprint density at radius 2 is 2.05 bits per heavy atom. The van der Waals surface area contributed by atoms with Gasteiger partial charge in [-0.15, -0.1) is 5.10 Å². The number of aliphatic carboxylic acids is 1. The van der Waals surface area contributed by atoms with Gasteiger partial charge in [0.15, 0.2) is 0 Å². The minimum atomic E-state index is -1.10. The molecular weight excluding hydrogens is 260 g/mol. The van der Waals surface area contributed by atoms with Gasteiger partial charge in [-0.25, -0.2) is 9.78 Å². The summed E-state index contributed by atoms with van der Waals surface area (Å²) >= 11 is 0. The highest BCUT2D eigenvalue weighted by Gasteiger charge is 2.22. The Bertz CT molecular complexity index is 609. The molecule has 3 N–H and O–H groups in total. The average molecular weight is 274 g/mol. The zero-order chi connectivity index (χ0) is 14.5. The first-order chi connectivity index (χ1) is 9.56. The van der Waals surface area contributed by atoms with Crippen molar-refractivity contribution in [3.63, 3.8) is 0 Å². The van der Waals surface area contributed by atoms with E-state index in [2.05, 4.69) is 20.5 Å². The highest BCUT2D eigenvalue weighted by Crippen LogP contribution is 2.04. The third-order valence-electron chi connectivity index (χ3n) is 2.69. The van der Waals surface area contributed by atoms with Gasteiger partial charge in [0, 0.05) is 6.42 Å². The van der Waals surface area contributed by atoms with Crippen LogP contribution >= 0.6 is 0 Å². The second kappa shape index (κ2) is 5.96. The van der Waals surface area contributed by atoms with Crippen LogP contribution in [0.4, 0.5) is 0 Å². The number of nitrogens with zero attached hydrogens (tertiary/aromatic N) is 2. The van der Waals surface area contributed by atoms with Crippen LogP contribution in [0.5, 0.6) is 0 Å². The molecule has 7 heteroatoms. The fourth-order valence-electron chi connectivity index (χ4n) is 1.72. The van der Waals surface area contributed by atoms with Crippen molar-refractivity contribution in [2.24, 2.45) is 0 Å². The van der Waals surface area contributed by atoms with E-state index in [-0.39, 0.29) is 12.2 Å². The van der Waals surface area contributed by atoms with Crippen LogP contribution < -0.4 is 5.32 Å². The van der Waals surface area contributed by atoms with E-state index < -0.39 is 17.9 Å². The Morgan fingerprint density at radius 1 is 1.35 bits per heavy atom. The van der Waals surface area contributed by atoms with Gasteiger partial charge in [-0.1, -0.05) is 30.3 Å². The van der Waals surface area contributed by atoms with Crippen molar-refractivity contribution in [1.82, 2.24) is 20.5 Å². The van der Waals surface area contributed by atoms with Crippen LogP contribution in [0.25, 0.3) is 0 Å². The molecule has 0 fully saturated rings. The quantitative estimate of drug-likeness (QED) is 0.737. The molecule has 0 saturated carbocycles. The molecule has 0 aliphatic rings. The summed E-state index contributed by atoms with van der Waals surface area (Å²) in [7, 11) is 0. The summed E-state index contributed by atoms with van der Waals surface area (Å²) in [6.45, 7) is 1.66. The monoisotopic (exact) mass is 274 g/mol. The Hall–Kier alpha value is -2.70. The predicted octanol–water partition coefficient (Wildman–Crippen LogP) is 0.539. The fraction of sp³-hybridized carbons (Fsp3) is 0.231. The lowest BCUT2D eigenvalue weighted by atomic mass is 10.1. The Morgan fingerprint density at radius 3 is 2.60 bits per heavy atom. The first-order valence-electron chi connectivity index (χ1n) is 6.03. The Kier molecular flexibility index (Phi) is 4.09. The number of H-pyrrole nitrogens is 1. The van der Waals surface area contributed by atoms with Crippen molar-refractivity contribution < 1.29 is 14.7 Å². The molecule has 0 saturated heterocycles. The maximum absolute atomic E-state index is 11.8. The number of carbonyl (C=O) groups excluding carboxylic acids is 1. The number of aryl methyl sites for hydroxylation is 1. The number of hydrogen-bond donors (Lipinski definition) is 3. The molecule has 20 heavy (non-hydrogen) atoms. The number of aromatic nitrogens is 3. The normalized spacial score (nSPS) is 11.8. The van der Waals surface area contributed by atoms with E-state index >= 15 is 0 Å². The van der Waals surface area contributed by atoms with Crippen molar-refractivity contribution in [1.29, 1.82) is 0 Å². The van der Waals surface area contributed by atoms with Crippen molar-refractivity contribution in [3.05, 3.63) is 47.5 Å². The second-order valence-corrected chi connectivity index (χ2v) is 4.30. The topological polar surface area (TPSA) is 108 Å². The third-order valence-corrected chi connectivity index (χ3v) is 2.69. The van der Waals surface area contributed by atoms with Gasteiger partial charge in [0.2, 0.25) is 5.82 Å². The molecule has 1 heterocycles. The maximum Gasteiger partial charge on any atom is 0.326 e.